The van der Waals surface area contributed by atoms with E-state index >= 15 is 0 Å². The van der Waals surface area contributed by atoms with Gasteiger partial charge in [-0.1, -0.05) is 34.5 Å². The Hall–Kier alpha value is -1.04. The van der Waals surface area contributed by atoms with Crippen molar-refractivity contribution in [3.63, 3.8) is 0 Å². The maximum atomic E-state index is 12.7. The number of rotatable bonds is 3. The van der Waals surface area contributed by atoms with Gasteiger partial charge >= 0.3 is 0 Å². The molecule has 0 N–H and O–H groups in total. The van der Waals surface area contributed by atoms with Gasteiger partial charge in [0.25, 0.3) is 6.43 Å². The molecule has 0 aliphatic rings. The second kappa shape index (κ2) is 5.30. The van der Waals surface area contributed by atoms with Crippen LogP contribution < -0.4 is 0 Å². The lowest BCUT2D eigenvalue weighted by molar-refractivity contribution is 0.102. The fourth-order valence-corrected chi connectivity index (χ4v) is 2.56. The average molecular weight is 308 g/mol. The topological polar surface area (TPSA) is 30.0 Å². The smallest absolute Gasteiger partial charge is 0.282 e. The average Bonchev–Trinajstić information content (AvgIpc) is 2.71. The molecule has 0 aliphatic heterocycles. The van der Waals surface area contributed by atoms with E-state index in [0.29, 0.717) is 5.02 Å². The van der Waals surface area contributed by atoms with E-state index in [4.69, 9.17) is 23.2 Å². The van der Waals surface area contributed by atoms with Crippen molar-refractivity contribution in [3.05, 3.63) is 49.9 Å². The molecule has 0 amide bonds. The van der Waals surface area contributed by atoms with Crippen molar-refractivity contribution < 1.29 is 13.6 Å². The van der Waals surface area contributed by atoms with Crippen LogP contribution in [0.5, 0.6) is 0 Å². The zero-order valence-electron chi connectivity index (χ0n) is 8.66. The molecular formula is C11H5Cl2F2NOS. The van der Waals surface area contributed by atoms with Crippen LogP contribution in [0.25, 0.3) is 0 Å². The maximum Gasteiger partial charge on any atom is 0.282 e. The number of carbonyl (C=O) groups excluding carboxylic acids is 1. The normalized spacial score (nSPS) is 10.9. The molecule has 0 unspecified atom stereocenters. The van der Waals surface area contributed by atoms with E-state index < -0.39 is 17.9 Å². The number of ketones is 1. The fourth-order valence-electron chi connectivity index (χ4n) is 1.35. The van der Waals surface area contributed by atoms with Crippen LogP contribution in [-0.4, -0.2) is 10.8 Å². The SMILES string of the molecule is O=C(c1ccc(Cl)cc1)c1sc(Cl)nc1C(F)F. The zero-order valence-corrected chi connectivity index (χ0v) is 11.0. The first kappa shape index (κ1) is 13.4. The van der Waals surface area contributed by atoms with E-state index in [0.717, 1.165) is 11.3 Å². The molecule has 18 heavy (non-hydrogen) atoms. The molecule has 1 heterocycles. The third-order valence-corrected chi connectivity index (χ3v) is 3.57. The highest BCUT2D eigenvalue weighted by atomic mass is 35.5. The van der Waals surface area contributed by atoms with Gasteiger partial charge in [0.2, 0.25) is 5.78 Å². The molecule has 0 saturated carbocycles. The highest BCUT2D eigenvalue weighted by Crippen LogP contribution is 2.31. The van der Waals surface area contributed by atoms with Crippen LogP contribution in [0.4, 0.5) is 8.78 Å². The van der Waals surface area contributed by atoms with Gasteiger partial charge in [0, 0.05) is 10.6 Å². The van der Waals surface area contributed by atoms with Gasteiger partial charge in [-0.25, -0.2) is 13.8 Å². The number of benzene rings is 1. The van der Waals surface area contributed by atoms with Gasteiger partial charge in [-0.3, -0.25) is 4.79 Å². The van der Waals surface area contributed by atoms with E-state index in [1.54, 1.807) is 0 Å². The summed E-state index contributed by atoms with van der Waals surface area (Å²) in [5.41, 5.74) is -0.313. The minimum Gasteiger partial charge on any atom is -0.288 e. The molecule has 0 atom stereocenters. The van der Waals surface area contributed by atoms with Gasteiger partial charge in [0.05, 0.1) is 0 Å². The summed E-state index contributed by atoms with van der Waals surface area (Å²) in [5.74, 6) is -0.536. The first-order valence-corrected chi connectivity index (χ1v) is 6.31. The van der Waals surface area contributed by atoms with Crippen LogP contribution >= 0.6 is 34.5 Å². The Kier molecular flexibility index (Phi) is 3.94. The summed E-state index contributed by atoms with van der Waals surface area (Å²) in [7, 11) is 0. The molecule has 0 fully saturated rings. The van der Waals surface area contributed by atoms with Crippen molar-refractivity contribution in [2.45, 2.75) is 6.43 Å². The first-order valence-electron chi connectivity index (χ1n) is 4.73. The Morgan fingerprint density at radius 2 is 1.83 bits per heavy atom. The van der Waals surface area contributed by atoms with Crippen molar-refractivity contribution in [3.8, 4) is 0 Å². The number of hydrogen-bond acceptors (Lipinski definition) is 3. The van der Waals surface area contributed by atoms with Gasteiger partial charge < -0.3 is 0 Å². The maximum absolute atomic E-state index is 12.7. The van der Waals surface area contributed by atoms with Crippen molar-refractivity contribution >= 4 is 40.3 Å². The molecule has 0 bridgehead atoms. The van der Waals surface area contributed by atoms with Crippen LogP contribution in [0.3, 0.4) is 0 Å². The third-order valence-electron chi connectivity index (χ3n) is 2.15. The molecule has 1 aromatic heterocycles. The Labute approximate surface area is 115 Å². The molecule has 2 nitrogen and oxygen atoms in total. The summed E-state index contributed by atoms with van der Waals surface area (Å²) in [6, 6.07) is 5.96. The number of carbonyl (C=O) groups is 1. The second-order valence-corrected chi connectivity index (χ2v) is 5.34. The molecule has 7 heteroatoms. The van der Waals surface area contributed by atoms with Gasteiger partial charge in [-0.2, -0.15) is 0 Å². The van der Waals surface area contributed by atoms with Crippen molar-refractivity contribution in [2.24, 2.45) is 0 Å². The lowest BCUT2D eigenvalue weighted by Crippen LogP contribution is -2.03. The minimum absolute atomic E-state index is 0.0809. The largest absolute Gasteiger partial charge is 0.288 e. The summed E-state index contributed by atoms with van der Waals surface area (Å²) in [6.07, 6.45) is -2.83. The van der Waals surface area contributed by atoms with Gasteiger partial charge in [0.1, 0.15) is 10.6 Å². The number of halogens is 4. The Balaban J connectivity index is 2.42. The zero-order chi connectivity index (χ0) is 13.3. The van der Waals surface area contributed by atoms with E-state index in [9.17, 15) is 13.6 Å². The molecular weight excluding hydrogens is 303 g/mol. The molecule has 0 saturated heterocycles. The van der Waals surface area contributed by atoms with Crippen molar-refractivity contribution in [1.29, 1.82) is 0 Å². The molecule has 2 aromatic rings. The molecule has 0 radical (unpaired) electrons. The van der Waals surface area contributed by atoms with Crippen LogP contribution in [-0.2, 0) is 0 Å². The fraction of sp³-hybridized carbons (Fsp3) is 0.0909. The number of aromatic nitrogens is 1. The lowest BCUT2D eigenvalue weighted by Gasteiger charge is -2.01. The Morgan fingerprint density at radius 1 is 1.22 bits per heavy atom. The summed E-state index contributed by atoms with van der Waals surface area (Å²) < 4.78 is 25.3. The minimum atomic E-state index is -2.83. The van der Waals surface area contributed by atoms with Crippen LogP contribution in [0.15, 0.2) is 24.3 Å². The Bertz CT molecular complexity index is 583. The van der Waals surface area contributed by atoms with Gasteiger partial charge in [-0.15, -0.1) is 0 Å². The molecule has 94 valence electrons. The van der Waals surface area contributed by atoms with Crippen molar-refractivity contribution in [1.82, 2.24) is 4.98 Å². The van der Waals surface area contributed by atoms with Gasteiger partial charge in [0.15, 0.2) is 4.47 Å². The quantitative estimate of drug-likeness (QED) is 0.775. The summed E-state index contributed by atoms with van der Waals surface area (Å²) >= 11 is 12.0. The van der Waals surface area contributed by atoms with Crippen LogP contribution in [0.1, 0.15) is 27.4 Å². The summed E-state index contributed by atoms with van der Waals surface area (Å²) in [6.45, 7) is 0. The lowest BCUT2D eigenvalue weighted by atomic mass is 10.1. The standard InChI is InChI=1S/C11H5Cl2F2NOS/c12-6-3-1-5(2-4-6)8(17)9-7(10(14)15)16-11(13)18-9/h1-4,10H. The summed E-state index contributed by atoms with van der Waals surface area (Å²) in [4.78, 5) is 15.4. The monoisotopic (exact) mass is 307 g/mol. The van der Waals surface area contributed by atoms with Crippen LogP contribution in [0, 0.1) is 0 Å². The predicted molar refractivity (Wildman–Crippen MR) is 67.0 cm³/mol. The number of hydrogen-bond donors (Lipinski definition) is 0. The Morgan fingerprint density at radius 3 is 2.39 bits per heavy atom. The third kappa shape index (κ3) is 2.68. The molecule has 2 rings (SSSR count). The molecule has 1 aromatic carbocycles. The number of thiazole rings is 1. The van der Waals surface area contributed by atoms with E-state index in [1.807, 2.05) is 0 Å². The highest BCUT2D eigenvalue weighted by Gasteiger charge is 2.24. The van der Waals surface area contributed by atoms with E-state index in [2.05, 4.69) is 4.98 Å². The van der Waals surface area contributed by atoms with E-state index in [1.165, 1.54) is 24.3 Å². The van der Waals surface area contributed by atoms with Crippen molar-refractivity contribution in [2.75, 3.05) is 0 Å². The number of nitrogens with zero attached hydrogens (tertiary/aromatic N) is 1. The second-order valence-electron chi connectivity index (χ2n) is 3.32. The van der Waals surface area contributed by atoms with E-state index in [-0.39, 0.29) is 14.9 Å². The predicted octanol–water partition coefficient (Wildman–Crippen LogP) is 4.62. The van der Waals surface area contributed by atoms with Gasteiger partial charge in [-0.05, 0) is 24.3 Å². The summed E-state index contributed by atoms with van der Waals surface area (Å²) in [5, 5.41) is 0.461. The molecule has 0 aliphatic carbocycles. The number of alkyl halides is 2. The molecule has 0 spiro atoms. The highest BCUT2D eigenvalue weighted by molar-refractivity contribution is 7.17. The first-order chi connectivity index (χ1) is 8.49. The van der Waals surface area contributed by atoms with Crippen LogP contribution in [0.2, 0.25) is 9.49 Å².